The van der Waals surface area contributed by atoms with Crippen molar-refractivity contribution in [3.8, 4) is 11.5 Å². The van der Waals surface area contributed by atoms with Crippen molar-refractivity contribution in [2.75, 3.05) is 18.5 Å². The summed E-state index contributed by atoms with van der Waals surface area (Å²) in [6.07, 6.45) is 0. The average molecular weight is 342 g/mol. The molecule has 5 nitrogen and oxygen atoms in total. The van der Waals surface area contributed by atoms with Crippen molar-refractivity contribution in [1.29, 1.82) is 0 Å². The monoisotopic (exact) mass is 342 g/mol. The van der Waals surface area contributed by atoms with Gasteiger partial charge < -0.3 is 9.47 Å². The van der Waals surface area contributed by atoms with E-state index in [0.29, 0.717) is 17.5 Å². The van der Waals surface area contributed by atoms with Gasteiger partial charge in [0.2, 0.25) is 0 Å². The van der Waals surface area contributed by atoms with Crippen LogP contribution in [0.5, 0.6) is 11.5 Å². The van der Waals surface area contributed by atoms with Crippen LogP contribution in [0.1, 0.15) is 12.5 Å². The summed E-state index contributed by atoms with van der Waals surface area (Å²) in [5.74, 6) is 1.27. The van der Waals surface area contributed by atoms with Crippen LogP contribution in [0.25, 0.3) is 10.2 Å². The maximum Gasteiger partial charge on any atom is 0.264 e. The van der Waals surface area contributed by atoms with Gasteiger partial charge in [0.1, 0.15) is 11.5 Å². The van der Waals surface area contributed by atoms with Crippen LogP contribution in [-0.4, -0.2) is 24.1 Å². The molecule has 0 saturated carbocycles. The molecule has 0 unspecified atom stereocenters. The van der Waals surface area contributed by atoms with Crippen molar-refractivity contribution in [2.45, 2.75) is 13.8 Å². The lowest BCUT2D eigenvalue weighted by Gasteiger charge is -2.07. The topological polar surface area (TPSA) is 60.5 Å². The number of hydrogen-bond donors (Lipinski definition) is 1. The van der Waals surface area contributed by atoms with Gasteiger partial charge in [-0.2, -0.15) is 0 Å². The Bertz CT molecular complexity index is 860. The average Bonchev–Trinajstić information content (AvgIpc) is 2.96. The van der Waals surface area contributed by atoms with E-state index in [2.05, 4.69) is 10.3 Å². The molecule has 2 aromatic carbocycles. The second-order valence-corrected chi connectivity index (χ2v) is 6.21. The second kappa shape index (κ2) is 7.31. The van der Waals surface area contributed by atoms with Crippen LogP contribution < -0.4 is 14.8 Å². The predicted octanol–water partition coefficient (Wildman–Crippen LogP) is 4.02. The number of benzene rings is 2. The zero-order chi connectivity index (χ0) is 16.9. The van der Waals surface area contributed by atoms with E-state index in [9.17, 15) is 4.79 Å². The van der Waals surface area contributed by atoms with Crippen LogP contribution in [0.4, 0.5) is 5.13 Å². The maximum absolute atomic E-state index is 12.0. The molecule has 0 fully saturated rings. The molecule has 0 spiro atoms. The molecule has 1 aromatic heterocycles. The van der Waals surface area contributed by atoms with Crippen LogP contribution in [0.2, 0.25) is 0 Å². The third-order valence-corrected chi connectivity index (χ3v) is 4.30. The first-order chi connectivity index (χ1) is 11.7. The molecule has 0 atom stereocenters. The van der Waals surface area contributed by atoms with Gasteiger partial charge in [-0.15, -0.1) is 0 Å². The van der Waals surface area contributed by atoms with Gasteiger partial charge in [-0.05, 0) is 43.7 Å². The minimum atomic E-state index is -0.234. The van der Waals surface area contributed by atoms with E-state index in [1.165, 1.54) is 11.3 Å². The molecule has 0 radical (unpaired) electrons. The number of anilines is 1. The third-order valence-electron chi connectivity index (χ3n) is 3.37. The lowest BCUT2D eigenvalue weighted by molar-refractivity contribution is -0.118. The van der Waals surface area contributed by atoms with Crippen LogP contribution in [-0.2, 0) is 4.79 Å². The Morgan fingerprint density at radius 1 is 1.21 bits per heavy atom. The number of aryl methyl sites for hydroxylation is 1. The van der Waals surface area contributed by atoms with E-state index in [4.69, 9.17) is 9.47 Å². The minimum absolute atomic E-state index is 0.0506. The highest BCUT2D eigenvalue weighted by Crippen LogP contribution is 2.29. The molecule has 0 aliphatic carbocycles. The zero-order valence-corrected chi connectivity index (χ0v) is 14.4. The van der Waals surface area contributed by atoms with Crippen molar-refractivity contribution in [2.24, 2.45) is 0 Å². The summed E-state index contributed by atoms with van der Waals surface area (Å²) in [7, 11) is 0. The van der Waals surface area contributed by atoms with E-state index in [-0.39, 0.29) is 12.5 Å². The van der Waals surface area contributed by atoms with E-state index in [0.717, 1.165) is 21.5 Å². The molecular weight excluding hydrogens is 324 g/mol. The number of aromatic nitrogens is 1. The lowest BCUT2D eigenvalue weighted by atomic mass is 10.2. The Hall–Kier alpha value is -2.60. The number of hydrogen-bond acceptors (Lipinski definition) is 5. The van der Waals surface area contributed by atoms with Crippen LogP contribution in [0, 0.1) is 6.92 Å². The maximum atomic E-state index is 12.0. The Morgan fingerprint density at radius 2 is 2.04 bits per heavy atom. The van der Waals surface area contributed by atoms with Crippen molar-refractivity contribution < 1.29 is 14.3 Å². The fraction of sp³-hybridized carbons (Fsp3) is 0.222. The highest BCUT2D eigenvalue weighted by molar-refractivity contribution is 7.22. The smallest absolute Gasteiger partial charge is 0.264 e. The fourth-order valence-electron chi connectivity index (χ4n) is 2.23. The quantitative estimate of drug-likeness (QED) is 0.735. The molecule has 1 amide bonds. The molecule has 6 heteroatoms. The normalized spacial score (nSPS) is 10.6. The lowest BCUT2D eigenvalue weighted by Crippen LogP contribution is -2.20. The first-order valence-electron chi connectivity index (χ1n) is 7.67. The molecule has 0 aliphatic heterocycles. The number of ether oxygens (including phenoxy) is 2. The van der Waals surface area contributed by atoms with Crippen LogP contribution in [0.3, 0.4) is 0 Å². The summed E-state index contributed by atoms with van der Waals surface area (Å²) in [6.45, 7) is 4.45. The first-order valence-corrected chi connectivity index (χ1v) is 8.49. The van der Waals surface area contributed by atoms with Crippen molar-refractivity contribution >= 4 is 32.6 Å². The number of thiazole rings is 1. The Kier molecular flexibility index (Phi) is 4.96. The summed E-state index contributed by atoms with van der Waals surface area (Å²) >= 11 is 1.41. The molecule has 124 valence electrons. The van der Waals surface area contributed by atoms with E-state index in [1.54, 1.807) is 0 Å². The summed E-state index contributed by atoms with van der Waals surface area (Å²) in [4.78, 5) is 16.5. The van der Waals surface area contributed by atoms with Gasteiger partial charge in [0.05, 0.1) is 16.8 Å². The van der Waals surface area contributed by atoms with E-state index in [1.807, 2.05) is 56.3 Å². The third kappa shape index (κ3) is 3.83. The SMILES string of the molecule is CCOc1ccc2nc(NC(=O)COc3ccccc3C)sc2c1. The Labute approximate surface area is 144 Å². The van der Waals surface area contributed by atoms with Gasteiger partial charge in [-0.3, -0.25) is 10.1 Å². The van der Waals surface area contributed by atoms with E-state index >= 15 is 0 Å². The molecule has 1 N–H and O–H groups in total. The molecule has 0 saturated heterocycles. The standard InChI is InChI=1S/C18H18N2O3S/c1-3-22-13-8-9-14-16(10-13)24-18(19-14)20-17(21)11-23-15-7-5-4-6-12(15)2/h4-10H,3,11H2,1-2H3,(H,19,20,21). The number of nitrogens with one attached hydrogen (secondary N) is 1. The number of carbonyl (C=O) groups excluding carboxylic acids is 1. The molecule has 1 heterocycles. The van der Waals surface area contributed by atoms with Crippen LogP contribution in [0.15, 0.2) is 42.5 Å². The summed E-state index contributed by atoms with van der Waals surface area (Å²) in [6, 6.07) is 13.3. The predicted molar refractivity (Wildman–Crippen MR) is 96.1 cm³/mol. The molecule has 0 aliphatic rings. The van der Waals surface area contributed by atoms with Crippen LogP contribution >= 0.6 is 11.3 Å². The number of carbonyl (C=O) groups is 1. The number of fused-ring (bicyclic) bond motifs is 1. The number of amides is 1. The first kappa shape index (κ1) is 16.3. The highest BCUT2D eigenvalue weighted by atomic mass is 32.1. The van der Waals surface area contributed by atoms with Gasteiger partial charge >= 0.3 is 0 Å². The van der Waals surface area contributed by atoms with Gasteiger partial charge in [-0.1, -0.05) is 29.5 Å². The largest absolute Gasteiger partial charge is 0.494 e. The van der Waals surface area contributed by atoms with Crippen molar-refractivity contribution in [3.63, 3.8) is 0 Å². The molecule has 3 aromatic rings. The van der Waals surface area contributed by atoms with Crippen molar-refractivity contribution in [3.05, 3.63) is 48.0 Å². The summed E-state index contributed by atoms with van der Waals surface area (Å²) < 4.78 is 12.0. The highest BCUT2D eigenvalue weighted by Gasteiger charge is 2.10. The number of para-hydroxylation sites is 1. The second-order valence-electron chi connectivity index (χ2n) is 5.18. The minimum Gasteiger partial charge on any atom is -0.494 e. The number of nitrogens with zero attached hydrogens (tertiary/aromatic N) is 1. The number of rotatable bonds is 6. The van der Waals surface area contributed by atoms with Gasteiger partial charge in [0, 0.05) is 0 Å². The van der Waals surface area contributed by atoms with Gasteiger partial charge in [-0.25, -0.2) is 4.98 Å². The van der Waals surface area contributed by atoms with Crippen molar-refractivity contribution in [1.82, 2.24) is 4.98 Å². The molecule has 3 rings (SSSR count). The zero-order valence-electron chi connectivity index (χ0n) is 13.5. The fourth-order valence-corrected chi connectivity index (χ4v) is 3.14. The van der Waals surface area contributed by atoms with E-state index < -0.39 is 0 Å². The molecule has 24 heavy (non-hydrogen) atoms. The molecular formula is C18H18N2O3S. The Balaban J connectivity index is 1.63. The summed E-state index contributed by atoms with van der Waals surface area (Å²) in [5.41, 5.74) is 1.83. The summed E-state index contributed by atoms with van der Waals surface area (Å²) in [5, 5.41) is 3.33. The van der Waals surface area contributed by atoms with Gasteiger partial charge in [0.25, 0.3) is 5.91 Å². The Morgan fingerprint density at radius 3 is 2.83 bits per heavy atom. The molecule has 0 bridgehead atoms. The van der Waals surface area contributed by atoms with Gasteiger partial charge in [0.15, 0.2) is 11.7 Å².